The molecule has 0 atom stereocenters. The number of esters is 1. The highest BCUT2D eigenvalue weighted by atomic mass is 16.6. The molecule has 0 radical (unpaired) electrons. The van der Waals surface area contributed by atoms with Gasteiger partial charge in [-0.05, 0) is 12.8 Å². The molecule has 0 aromatic heterocycles. The van der Waals surface area contributed by atoms with E-state index in [1.165, 1.54) is 64.2 Å². The summed E-state index contributed by atoms with van der Waals surface area (Å²) in [6, 6.07) is 0. The van der Waals surface area contributed by atoms with E-state index in [1.54, 1.807) is 0 Å². The molecular weight excluding hydrogens is 620 g/mol. The Kier molecular flexibility index (Phi) is 43.3. The van der Waals surface area contributed by atoms with Gasteiger partial charge in [0, 0.05) is 13.0 Å². The Morgan fingerprint density at radius 1 is 0.292 bits per heavy atom. The number of hydrogen-bond acceptors (Lipinski definition) is 11. The largest absolute Gasteiger partial charge is 0.463 e. The molecule has 0 aromatic rings. The van der Waals surface area contributed by atoms with E-state index in [4.69, 9.17) is 47.4 Å². The standard InChI is InChI=1S/C37H74O11/c1-3-5-7-8-9-10-11-12-13-14-16-18-39-19-20-40-21-22-41-23-24-42-25-26-43-27-28-44-29-30-45-31-32-46-33-34-47-35-36-48-37(38)17-15-6-4-2/h3-36H2,1-2H3. The van der Waals surface area contributed by atoms with Crippen molar-refractivity contribution in [3.63, 3.8) is 0 Å². The summed E-state index contributed by atoms with van der Waals surface area (Å²) >= 11 is 0. The van der Waals surface area contributed by atoms with Gasteiger partial charge in [-0.25, -0.2) is 0 Å². The van der Waals surface area contributed by atoms with Crippen LogP contribution in [0.1, 0.15) is 110 Å². The number of rotatable bonds is 43. The normalized spacial score (nSPS) is 11.5. The lowest BCUT2D eigenvalue weighted by Crippen LogP contribution is -2.15. The summed E-state index contributed by atoms with van der Waals surface area (Å²) in [5.41, 5.74) is 0. The molecule has 0 saturated heterocycles. The van der Waals surface area contributed by atoms with E-state index < -0.39 is 0 Å². The molecule has 0 spiro atoms. The SMILES string of the molecule is CCCCCCCCCCCCCOCCOCCOCCOCCOCCOCCOCCOCCOCCOC(=O)CCCCC. The lowest BCUT2D eigenvalue weighted by Gasteiger charge is -2.09. The second-order valence-electron chi connectivity index (χ2n) is 11.7. The maximum atomic E-state index is 11.5. The first-order valence-electron chi connectivity index (χ1n) is 19.2. The predicted octanol–water partition coefficient (Wildman–Crippen LogP) is 6.57. The van der Waals surface area contributed by atoms with Gasteiger partial charge in [0.1, 0.15) is 6.61 Å². The van der Waals surface area contributed by atoms with Crippen LogP contribution in [-0.2, 0) is 52.2 Å². The molecule has 11 heteroatoms. The zero-order chi connectivity index (χ0) is 34.7. The molecule has 0 saturated carbocycles. The van der Waals surface area contributed by atoms with Gasteiger partial charge in [0.25, 0.3) is 0 Å². The van der Waals surface area contributed by atoms with Crippen LogP contribution in [0.2, 0.25) is 0 Å². The highest BCUT2D eigenvalue weighted by Crippen LogP contribution is 2.11. The second kappa shape index (κ2) is 44.1. The molecule has 0 rings (SSSR count). The Labute approximate surface area is 293 Å². The number of carbonyl (C=O) groups excluding carboxylic acids is 1. The summed E-state index contributed by atoms with van der Waals surface area (Å²) in [6.45, 7) is 14.4. The maximum Gasteiger partial charge on any atom is 0.305 e. The molecule has 0 N–H and O–H groups in total. The molecule has 0 unspecified atom stereocenters. The summed E-state index contributed by atoms with van der Waals surface area (Å²) in [6.07, 6.45) is 18.4. The molecule has 0 fully saturated rings. The Hall–Kier alpha value is -0.890. The maximum absolute atomic E-state index is 11.5. The zero-order valence-corrected chi connectivity index (χ0v) is 31.0. The fourth-order valence-corrected chi connectivity index (χ4v) is 4.54. The molecule has 11 nitrogen and oxygen atoms in total. The smallest absolute Gasteiger partial charge is 0.305 e. The summed E-state index contributed by atoms with van der Waals surface area (Å²) in [4.78, 5) is 11.5. The van der Waals surface area contributed by atoms with Crippen molar-refractivity contribution in [3.05, 3.63) is 0 Å². The van der Waals surface area contributed by atoms with Gasteiger partial charge in [0.2, 0.25) is 0 Å². The van der Waals surface area contributed by atoms with E-state index >= 15 is 0 Å². The van der Waals surface area contributed by atoms with Crippen LogP contribution in [0.25, 0.3) is 0 Å². The van der Waals surface area contributed by atoms with Gasteiger partial charge >= 0.3 is 5.97 Å². The molecule has 288 valence electrons. The van der Waals surface area contributed by atoms with Crippen LogP contribution in [0.4, 0.5) is 0 Å². The van der Waals surface area contributed by atoms with Crippen LogP contribution in [0.5, 0.6) is 0 Å². The molecule has 0 aliphatic carbocycles. The van der Waals surface area contributed by atoms with E-state index in [1.807, 2.05) is 0 Å². The van der Waals surface area contributed by atoms with Crippen molar-refractivity contribution in [2.45, 2.75) is 110 Å². The summed E-state index contributed by atoms with van der Waals surface area (Å²) in [7, 11) is 0. The Morgan fingerprint density at radius 2 is 0.542 bits per heavy atom. The van der Waals surface area contributed by atoms with E-state index in [-0.39, 0.29) is 12.6 Å². The lowest BCUT2D eigenvalue weighted by molar-refractivity contribution is -0.145. The summed E-state index contributed by atoms with van der Waals surface area (Å²) in [5, 5.41) is 0. The average molecular weight is 695 g/mol. The molecule has 0 aromatic carbocycles. The molecule has 48 heavy (non-hydrogen) atoms. The fraction of sp³-hybridized carbons (Fsp3) is 0.973. The topological polar surface area (TPSA) is 109 Å². The number of unbranched alkanes of at least 4 members (excludes halogenated alkanes) is 12. The first kappa shape index (κ1) is 47.1. The van der Waals surface area contributed by atoms with Crippen LogP contribution >= 0.6 is 0 Å². The van der Waals surface area contributed by atoms with Gasteiger partial charge in [-0.1, -0.05) is 90.9 Å². The van der Waals surface area contributed by atoms with Crippen molar-refractivity contribution in [1.29, 1.82) is 0 Å². The number of carbonyl (C=O) groups is 1. The number of hydrogen-bond donors (Lipinski definition) is 0. The van der Waals surface area contributed by atoms with Crippen molar-refractivity contribution in [2.75, 3.05) is 126 Å². The molecule has 0 aliphatic heterocycles. The van der Waals surface area contributed by atoms with Crippen LogP contribution in [0.3, 0.4) is 0 Å². The minimum absolute atomic E-state index is 0.154. The van der Waals surface area contributed by atoms with Gasteiger partial charge in [0.15, 0.2) is 0 Å². The predicted molar refractivity (Wildman–Crippen MR) is 189 cm³/mol. The average Bonchev–Trinajstić information content (AvgIpc) is 3.09. The molecule has 0 bridgehead atoms. The Morgan fingerprint density at radius 3 is 0.875 bits per heavy atom. The monoisotopic (exact) mass is 695 g/mol. The zero-order valence-electron chi connectivity index (χ0n) is 31.0. The summed E-state index contributed by atoms with van der Waals surface area (Å²) in [5.74, 6) is -0.154. The van der Waals surface area contributed by atoms with E-state index in [2.05, 4.69) is 13.8 Å². The molecular formula is C37H74O11. The van der Waals surface area contributed by atoms with Crippen molar-refractivity contribution >= 4 is 5.97 Å². The third kappa shape index (κ3) is 43.1. The Balaban J connectivity index is 3.07. The van der Waals surface area contributed by atoms with Crippen molar-refractivity contribution in [2.24, 2.45) is 0 Å². The fourth-order valence-electron chi connectivity index (χ4n) is 4.54. The molecule has 0 aliphatic rings. The minimum atomic E-state index is -0.154. The van der Waals surface area contributed by atoms with Crippen LogP contribution in [0.15, 0.2) is 0 Å². The van der Waals surface area contributed by atoms with Crippen LogP contribution in [0, 0.1) is 0 Å². The van der Waals surface area contributed by atoms with Crippen molar-refractivity contribution < 1.29 is 52.2 Å². The third-order valence-corrected chi connectivity index (χ3v) is 7.34. The summed E-state index contributed by atoms with van der Waals surface area (Å²) < 4.78 is 54.6. The van der Waals surface area contributed by atoms with E-state index in [9.17, 15) is 4.79 Å². The van der Waals surface area contributed by atoms with Crippen molar-refractivity contribution in [3.8, 4) is 0 Å². The van der Waals surface area contributed by atoms with Crippen LogP contribution in [-0.4, -0.2) is 132 Å². The lowest BCUT2D eigenvalue weighted by atomic mass is 10.1. The van der Waals surface area contributed by atoms with Crippen molar-refractivity contribution in [1.82, 2.24) is 0 Å². The van der Waals surface area contributed by atoms with Gasteiger partial charge in [0.05, 0.1) is 112 Å². The minimum Gasteiger partial charge on any atom is -0.463 e. The van der Waals surface area contributed by atoms with E-state index in [0.717, 1.165) is 32.3 Å². The second-order valence-corrected chi connectivity index (χ2v) is 11.7. The molecule has 0 heterocycles. The first-order valence-corrected chi connectivity index (χ1v) is 19.2. The Bertz CT molecular complexity index is 598. The van der Waals surface area contributed by atoms with Gasteiger partial charge in [-0.15, -0.1) is 0 Å². The number of ether oxygens (including phenoxy) is 10. The van der Waals surface area contributed by atoms with Gasteiger partial charge < -0.3 is 47.4 Å². The highest BCUT2D eigenvalue weighted by molar-refractivity contribution is 5.69. The highest BCUT2D eigenvalue weighted by Gasteiger charge is 2.02. The molecule has 0 amide bonds. The third-order valence-electron chi connectivity index (χ3n) is 7.34. The first-order chi connectivity index (χ1) is 23.8. The quantitative estimate of drug-likeness (QED) is 0.0511. The van der Waals surface area contributed by atoms with Crippen LogP contribution < -0.4 is 0 Å². The van der Waals surface area contributed by atoms with Gasteiger partial charge in [-0.3, -0.25) is 4.79 Å². The van der Waals surface area contributed by atoms with E-state index in [0.29, 0.717) is 119 Å². The van der Waals surface area contributed by atoms with Gasteiger partial charge in [-0.2, -0.15) is 0 Å².